The summed E-state index contributed by atoms with van der Waals surface area (Å²) in [7, 11) is 0. The van der Waals surface area contributed by atoms with Gasteiger partial charge in [0.25, 0.3) is 11.8 Å². The Morgan fingerprint density at radius 2 is 1.70 bits per heavy atom. The second-order valence-corrected chi connectivity index (χ2v) is 7.72. The Hall–Kier alpha value is -2.32. The lowest BCUT2D eigenvalue weighted by atomic mass is 10.1. The van der Waals surface area contributed by atoms with Crippen molar-refractivity contribution in [3.8, 4) is 0 Å². The largest absolute Gasteiger partial charge is 0.405 e. The van der Waals surface area contributed by atoms with E-state index in [0.717, 1.165) is 18.9 Å². The zero-order valence-electron chi connectivity index (χ0n) is 15.4. The fraction of sp³-hybridized carbons (Fsp3) is 0.300. The molecule has 0 unspecified atom stereocenters. The predicted octanol–water partition coefficient (Wildman–Crippen LogP) is 5.23. The maximum absolute atomic E-state index is 13.8. The quantitative estimate of drug-likeness (QED) is 0.471. The molecule has 1 aliphatic rings. The van der Waals surface area contributed by atoms with Crippen molar-refractivity contribution in [3.05, 3.63) is 69.0 Å². The average Bonchev–Trinajstić information content (AvgIpc) is 3.51. The minimum atomic E-state index is -4.50. The number of carbonyl (C=O) groups is 2. The van der Waals surface area contributed by atoms with E-state index in [1.54, 1.807) is 22.3 Å². The molecule has 3 rings (SSSR count). The SMILES string of the molecule is O=C(NCC(F)(F)F)c1ccc(CN(C(=O)c2cc(F)c(Cl)cc2Cl)C2CC2)cc1. The molecule has 0 spiro atoms. The molecule has 0 atom stereocenters. The van der Waals surface area contributed by atoms with Crippen LogP contribution in [0.3, 0.4) is 0 Å². The van der Waals surface area contributed by atoms with Gasteiger partial charge in [0, 0.05) is 18.2 Å². The molecule has 2 aromatic rings. The summed E-state index contributed by atoms with van der Waals surface area (Å²) in [5.74, 6) is -2.06. The number of halogens is 6. The highest BCUT2D eigenvalue weighted by molar-refractivity contribution is 6.36. The fourth-order valence-electron chi connectivity index (χ4n) is 2.83. The average molecular weight is 463 g/mol. The van der Waals surface area contributed by atoms with Crippen molar-refractivity contribution in [2.75, 3.05) is 6.54 Å². The van der Waals surface area contributed by atoms with E-state index >= 15 is 0 Å². The first kappa shape index (κ1) is 22.4. The van der Waals surface area contributed by atoms with Crippen LogP contribution in [0.1, 0.15) is 39.1 Å². The molecule has 0 saturated heterocycles. The number of nitrogens with one attached hydrogen (secondary N) is 1. The summed E-state index contributed by atoms with van der Waals surface area (Å²) in [6, 6.07) is 8.00. The van der Waals surface area contributed by atoms with Crippen molar-refractivity contribution >= 4 is 35.0 Å². The number of rotatable bonds is 6. The van der Waals surface area contributed by atoms with Crippen LogP contribution in [0.4, 0.5) is 17.6 Å². The van der Waals surface area contributed by atoms with E-state index in [-0.39, 0.29) is 33.8 Å². The Labute approximate surface area is 179 Å². The molecule has 1 fully saturated rings. The Morgan fingerprint density at radius 1 is 1.07 bits per heavy atom. The van der Waals surface area contributed by atoms with Gasteiger partial charge in [0.15, 0.2) is 0 Å². The summed E-state index contributed by atoms with van der Waals surface area (Å²) in [5.41, 5.74) is 0.719. The zero-order valence-corrected chi connectivity index (χ0v) is 16.9. The van der Waals surface area contributed by atoms with Gasteiger partial charge in [-0.15, -0.1) is 0 Å². The molecule has 0 aromatic heterocycles. The minimum absolute atomic E-state index is 0.00591. The molecule has 0 heterocycles. The molecule has 0 radical (unpaired) electrons. The summed E-state index contributed by atoms with van der Waals surface area (Å²) in [6.45, 7) is -1.25. The molecule has 2 aromatic carbocycles. The summed E-state index contributed by atoms with van der Waals surface area (Å²) < 4.78 is 50.5. The first-order valence-electron chi connectivity index (χ1n) is 8.94. The van der Waals surface area contributed by atoms with Gasteiger partial charge in [-0.1, -0.05) is 35.3 Å². The van der Waals surface area contributed by atoms with Crippen LogP contribution in [0.15, 0.2) is 36.4 Å². The molecule has 0 aliphatic heterocycles. The van der Waals surface area contributed by atoms with Gasteiger partial charge in [-0.3, -0.25) is 9.59 Å². The smallest absolute Gasteiger partial charge is 0.343 e. The third kappa shape index (κ3) is 5.64. The van der Waals surface area contributed by atoms with Gasteiger partial charge >= 0.3 is 6.18 Å². The maximum Gasteiger partial charge on any atom is 0.405 e. The van der Waals surface area contributed by atoms with E-state index < -0.39 is 30.4 Å². The Kier molecular flexibility index (Phi) is 6.57. The van der Waals surface area contributed by atoms with Crippen LogP contribution in [0.5, 0.6) is 0 Å². The van der Waals surface area contributed by atoms with Crippen LogP contribution >= 0.6 is 23.2 Å². The molecule has 0 bridgehead atoms. The normalized spacial score (nSPS) is 13.8. The highest BCUT2D eigenvalue weighted by Crippen LogP contribution is 2.32. The lowest BCUT2D eigenvalue weighted by Gasteiger charge is -2.23. The van der Waals surface area contributed by atoms with Crippen LogP contribution in [0.25, 0.3) is 0 Å². The van der Waals surface area contributed by atoms with E-state index in [4.69, 9.17) is 23.2 Å². The van der Waals surface area contributed by atoms with E-state index in [1.165, 1.54) is 18.2 Å². The molecular formula is C20H16Cl2F4N2O2. The molecule has 1 saturated carbocycles. The Bertz CT molecular complexity index is 961. The number of benzene rings is 2. The highest BCUT2D eigenvalue weighted by Gasteiger charge is 2.34. The molecule has 30 heavy (non-hydrogen) atoms. The standard InChI is InChI=1S/C20H16Cl2F4N2O2/c21-15-8-16(22)17(23)7-14(15)19(30)28(13-5-6-13)9-11-1-3-12(4-2-11)18(29)27-10-20(24,25)26/h1-4,7-8,13H,5-6,9-10H2,(H,27,29). The second kappa shape index (κ2) is 8.81. The number of hydrogen-bond acceptors (Lipinski definition) is 2. The first-order chi connectivity index (χ1) is 14.0. The van der Waals surface area contributed by atoms with Crippen molar-refractivity contribution in [1.29, 1.82) is 0 Å². The predicted molar refractivity (Wildman–Crippen MR) is 104 cm³/mol. The lowest BCUT2D eigenvalue weighted by Crippen LogP contribution is -2.34. The summed E-state index contributed by atoms with van der Waals surface area (Å²) >= 11 is 11.7. The number of alkyl halides is 3. The van der Waals surface area contributed by atoms with E-state index in [9.17, 15) is 27.2 Å². The maximum atomic E-state index is 13.8. The molecule has 2 amide bonds. The molecule has 4 nitrogen and oxygen atoms in total. The van der Waals surface area contributed by atoms with Crippen LogP contribution < -0.4 is 5.32 Å². The van der Waals surface area contributed by atoms with Gasteiger partial charge in [-0.2, -0.15) is 13.2 Å². The van der Waals surface area contributed by atoms with Gasteiger partial charge < -0.3 is 10.2 Å². The third-order valence-electron chi connectivity index (χ3n) is 4.51. The van der Waals surface area contributed by atoms with Crippen LogP contribution in [0, 0.1) is 5.82 Å². The van der Waals surface area contributed by atoms with Crippen molar-refractivity contribution in [2.24, 2.45) is 0 Å². The fourth-order valence-corrected chi connectivity index (χ4v) is 3.30. The number of nitrogens with zero attached hydrogens (tertiary/aromatic N) is 1. The van der Waals surface area contributed by atoms with Crippen molar-refractivity contribution in [2.45, 2.75) is 31.6 Å². The molecular weight excluding hydrogens is 447 g/mol. The lowest BCUT2D eigenvalue weighted by molar-refractivity contribution is -0.123. The van der Waals surface area contributed by atoms with E-state index in [1.807, 2.05) is 0 Å². The Morgan fingerprint density at radius 3 is 2.27 bits per heavy atom. The van der Waals surface area contributed by atoms with Gasteiger partial charge in [-0.25, -0.2) is 4.39 Å². The number of amides is 2. The third-order valence-corrected chi connectivity index (χ3v) is 5.11. The second-order valence-electron chi connectivity index (χ2n) is 6.91. The first-order valence-corrected chi connectivity index (χ1v) is 9.70. The van der Waals surface area contributed by atoms with Crippen LogP contribution in [-0.2, 0) is 6.54 Å². The molecule has 10 heteroatoms. The molecule has 1 aliphatic carbocycles. The number of carbonyl (C=O) groups excluding carboxylic acids is 2. The van der Waals surface area contributed by atoms with Gasteiger partial charge in [0.05, 0.1) is 15.6 Å². The van der Waals surface area contributed by atoms with Crippen molar-refractivity contribution in [3.63, 3.8) is 0 Å². The topological polar surface area (TPSA) is 49.4 Å². The highest BCUT2D eigenvalue weighted by atomic mass is 35.5. The van der Waals surface area contributed by atoms with Crippen molar-refractivity contribution in [1.82, 2.24) is 10.2 Å². The van der Waals surface area contributed by atoms with E-state index in [2.05, 4.69) is 0 Å². The van der Waals surface area contributed by atoms with Crippen molar-refractivity contribution < 1.29 is 27.2 Å². The van der Waals surface area contributed by atoms with Gasteiger partial charge in [-0.05, 0) is 42.7 Å². The number of hydrogen-bond donors (Lipinski definition) is 1. The van der Waals surface area contributed by atoms with Gasteiger partial charge in [0.1, 0.15) is 12.4 Å². The summed E-state index contributed by atoms with van der Waals surface area (Å²) in [6.07, 6.45) is -2.92. The summed E-state index contributed by atoms with van der Waals surface area (Å²) in [5, 5.41) is 1.64. The monoisotopic (exact) mass is 462 g/mol. The van der Waals surface area contributed by atoms with Gasteiger partial charge in [0.2, 0.25) is 0 Å². The molecule has 1 N–H and O–H groups in total. The Balaban J connectivity index is 1.72. The van der Waals surface area contributed by atoms with Crippen LogP contribution in [0.2, 0.25) is 10.0 Å². The van der Waals surface area contributed by atoms with E-state index in [0.29, 0.717) is 5.56 Å². The summed E-state index contributed by atoms with van der Waals surface area (Å²) in [4.78, 5) is 26.3. The zero-order chi connectivity index (χ0) is 22.1. The molecule has 160 valence electrons. The van der Waals surface area contributed by atoms with Crippen LogP contribution in [-0.4, -0.2) is 35.5 Å². The minimum Gasteiger partial charge on any atom is -0.343 e.